The van der Waals surface area contributed by atoms with Gasteiger partial charge in [0.1, 0.15) is 0 Å². The van der Waals surface area contributed by atoms with Crippen molar-refractivity contribution in [2.24, 2.45) is 0 Å². The van der Waals surface area contributed by atoms with Crippen LogP contribution in [-0.2, 0) is 4.79 Å². The van der Waals surface area contributed by atoms with Gasteiger partial charge in [0, 0.05) is 44.1 Å². The molecule has 0 saturated carbocycles. The lowest BCUT2D eigenvalue weighted by Gasteiger charge is -2.35. The Labute approximate surface area is 209 Å². The van der Waals surface area contributed by atoms with E-state index < -0.39 is 0 Å². The Bertz CT molecular complexity index is 1270. The summed E-state index contributed by atoms with van der Waals surface area (Å²) < 4.78 is 10.4. The minimum absolute atomic E-state index is 0.00347. The van der Waals surface area contributed by atoms with Crippen LogP contribution in [-0.4, -0.2) is 71.4 Å². The predicted molar refractivity (Wildman–Crippen MR) is 137 cm³/mol. The topological polar surface area (TPSA) is 108 Å². The van der Waals surface area contributed by atoms with E-state index in [1.54, 1.807) is 65.8 Å². The molecule has 0 spiro atoms. The zero-order valence-corrected chi connectivity index (χ0v) is 20.2. The van der Waals surface area contributed by atoms with Crippen LogP contribution in [0.1, 0.15) is 11.1 Å². The average molecular weight is 489 g/mol. The van der Waals surface area contributed by atoms with Gasteiger partial charge in [-0.1, -0.05) is 24.3 Å². The van der Waals surface area contributed by atoms with Gasteiger partial charge in [0.05, 0.1) is 14.2 Å². The van der Waals surface area contributed by atoms with Crippen molar-refractivity contribution in [1.82, 2.24) is 14.9 Å². The molecule has 0 radical (unpaired) electrons. The molecule has 1 fully saturated rings. The van der Waals surface area contributed by atoms with Gasteiger partial charge < -0.3 is 29.5 Å². The normalized spacial score (nSPS) is 14.2. The van der Waals surface area contributed by atoms with Crippen LogP contribution in [0.3, 0.4) is 0 Å². The van der Waals surface area contributed by atoms with Gasteiger partial charge in [0.2, 0.25) is 5.95 Å². The van der Waals surface area contributed by atoms with E-state index in [1.807, 2.05) is 6.08 Å². The number of aromatic hydroxyl groups is 2. The second-order valence-corrected chi connectivity index (χ2v) is 8.09. The highest BCUT2D eigenvalue weighted by Gasteiger charge is 2.25. The Hall–Kier alpha value is -4.53. The van der Waals surface area contributed by atoms with Crippen LogP contribution >= 0.6 is 0 Å². The summed E-state index contributed by atoms with van der Waals surface area (Å²) in [7, 11) is 2.95. The Morgan fingerprint density at radius 3 is 2.22 bits per heavy atom. The van der Waals surface area contributed by atoms with Crippen LogP contribution in [0.25, 0.3) is 11.6 Å². The molecule has 2 aromatic carbocycles. The average Bonchev–Trinajstić information content (AvgIpc) is 2.92. The smallest absolute Gasteiger partial charge is 0.254 e. The zero-order valence-electron chi connectivity index (χ0n) is 20.2. The predicted octanol–water partition coefficient (Wildman–Crippen LogP) is 3.35. The molecule has 2 N–H and O–H groups in total. The number of ether oxygens (including phenoxy) is 2. The lowest BCUT2D eigenvalue weighted by atomic mass is 10.0. The Kier molecular flexibility index (Phi) is 7.69. The SMILES string of the molecule is COc1cc(/C=C/C=C(/C(=O)N2CCN(c3ncccn3)CC2)c2ccc(O)c(OC)c2)ccc1O. The summed E-state index contributed by atoms with van der Waals surface area (Å²) in [6, 6.07) is 11.6. The summed E-state index contributed by atoms with van der Waals surface area (Å²) in [6.07, 6.45) is 8.73. The number of hydrogen-bond donors (Lipinski definition) is 2. The zero-order chi connectivity index (χ0) is 25.5. The Balaban J connectivity index is 1.59. The van der Waals surface area contributed by atoms with Gasteiger partial charge in [-0.25, -0.2) is 9.97 Å². The molecule has 0 unspecified atom stereocenters. The monoisotopic (exact) mass is 488 g/mol. The molecule has 4 rings (SSSR count). The number of hydrogen-bond acceptors (Lipinski definition) is 8. The maximum atomic E-state index is 13.6. The van der Waals surface area contributed by atoms with Gasteiger partial charge >= 0.3 is 0 Å². The number of rotatable bonds is 7. The van der Waals surface area contributed by atoms with Crippen molar-refractivity contribution in [3.63, 3.8) is 0 Å². The van der Waals surface area contributed by atoms with E-state index in [-0.39, 0.29) is 23.2 Å². The fraction of sp³-hybridized carbons (Fsp3) is 0.222. The van der Waals surface area contributed by atoms with Crippen molar-refractivity contribution < 1.29 is 24.5 Å². The second-order valence-electron chi connectivity index (χ2n) is 8.09. The van der Waals surface area contributed by atoms with Crippen LogP contribution in [0.4, 0.5) is 5.95 Å². The highest BCUT2D eigenvalue weighted by molar-refractivity contribution is 6.20. The number of allylic oxidation sites excluding steroid dienone is 2. The number of anilines is 1. The van der Waals surface area contributed by atoms with Gasteiger partial charge in [0.15, 0.2) is 23.0 Å². The van der Waals surface area contributed by atoms with E-state index in [0.717, 1.165) is 5.56 Å². The Morgan fingerprint density at radius 1 is 0.917 bits per heavy atom. The van der Waals surface area contributed by atoms with Crippen LogP contribution in [0, 0.1) is 0 Å². The molecule has 1 saturated heterocycles. The van der Waals surface area contributed by atoms with Crippen molar-refractivity contribution >= 4 is 23.5 Å². The van der Waals surface area contributed by atoms with Gasteiger partial charge in [0.25, 0.3) is 5.91 Å². The lowest BCUT2D eigenvalue weighted by Crippen LogP contribution is -2.49. The fourth-order valence-electron chi connectivity index (χ4n) is 3.92. The minimum atomic E-state index is -0.135. The maximum Gasteiger partial charge on any atom is 0.254 e. The first-order valence-corrected chi connectivity index (χ1v) is 11.4. The second kappa shape index (κ2) is 11.3. The van der Waals surface area contributed by atoms with E-state index >= 15 is 0 Å². The van der Waals surface area contributed by atoms with Crippen LogP contribution in [0.2, 0.25) is 0 Å². The third kappa shape index (κ3) is 5.57. The molecule has 1 amide bonds. The number of methoxy groups -OCH3 is 2. The first-order chi connectivity index (χ1) is 17.5. The Morgan fingerprint density at radius 2 is 1.56 bits per heavy atom. The van der Waals surface area contributed by atoms with Crippen LogP contribution < -0.4 is 14.4 Å². The third-order valence-electron chi connectivity index (χ3n) is 5.88. The van der Waals surface area contributed by atoms with Crippen molar-refractivity contribution in [3.8, 4) is 23.0 Å². The fourth-order valence-corrected chi connectivity index (χ4v) is 3.92. The van der Waals surface area contributed by atoms with Gasteiger partial charge in [-0.15, -0.1) is 0 Å². The highest BCUT2D eigenvalue weighted by Crippen LogP contribution is 2.31. The van der Waals surface area contributed by atoms with E-state index in [9.17, 15) is 15.0 Å². The first-order valence-electron chi connectivity index (χ1n) is 11.4. The summed E-state index contributed by atoms with van der Waals surface area (Å²) in [5.74, 6) is 1.21. The molecule has 1 aliphatic heterocycles. The molecule has 186 valence electrons. The van der Waals surface area contributed by atoms with E-state index in [0.29, 0.717) is 49.0 Å². The molecule has 1 aliphatic rings. The molecular formula is C27H28N4O5. The number of aromatic nitrogens is 2. The molecule has 9 heteroatoms. The van der Waals surface area contributed by atoms with Crippen LogP contribution in [0.5, 0.6) is 23.0 Å². The van der Waals surface area contributed by atoms with Crippen molar-refractivity contribution in [2.45, 2.75) is 0 Å². The van der Waals surface area contributed by atoms with E-state index in [2.05, 4.69) is 14.9 Å². The summed E-state index contributed by atoms with van der Waals surface area (Å²) in [5.41, 5.74) is 1.88. The first kappa shape index (κ1) is 24.6. The van der Waals surface area contributed by atoms with Crippen molar-refractivity contribution in [3.05, 3.63) is 78.1 Å². The third-order valence-corrected chi connectivity index (χ3v) is 5.88. The molecule has 0 bridgehead atoms. The van der Waals surface area contributed by atoms with Gasteiger partial charge in [-0.3, -0.25) is 4.79 Å². The van der Waals surface area contributed by atoms with Gasteiger partial charge in [-0.05, 0) is 47.5 Å². The number of amides is 1. The number of benzene rings is 2. The molecule has 1 aromatic heterocycles. The number of carbonyl (C=O) groups excluding carboxylic acids is 1. The molecule has 0 atom stereocenters. The molecular weight excluding hydrogens is 460 g/mol. The highest BCUT2D eigenvalue weighted by atomic mass is 16.5. The number of piperazine rings is 1. The number of phenolic OH excluding ortho intramolecular Hbond substituents is 2. The van der Waals surface area contributed by atoms with Crippen molar-refractivity contribution in [1.29, 1.82) is 0 Å². The summed E-state index contributed by atoms with van der Waals surface area (Å²) in [6.45, 7) is 2.27. The van der Waals surface area contributed by atoms with Crippen LogP contribution in [0.15, 0.2) is 67.0 Å². The molecule has 3 aromatic rings. The number of phenols is 2. The molecule has 9 nitrogen and oxygen atoms in total. The van der Waals surface area contributed by atoms with Gasteiger partial charge in [-0.2, -0.15) is 0 Å². The minimum Gasteiger partial charge on any atom is -0.504 e. The summed E-state index contributed by atoms with van der Waals surface area (Å²) >= 11 is 0. The molecule has 2 heterocycles. The quantitative estimate of drug-likeness (QED) is 0.385. The maximum absolute atomic E-state index is 13.6. The summed E-state index contributed by atoms with van der Waals surface area (Å²) in [5, 5.41) is 19.9. The van der Waals surface area contributed by atoms with E-state index in [4.69, 9.17) is 9.47 Å². The summed E-state index contributed by atoms with van der Waals surface area (Å²) in [4.78, 5) is 26.1. The van der Waals surface area contributed by atoms with Crippen molar-refractivity contribution in [2.75, 3.05) is 45.3 Å². The number of carbonyl (C=O) groups is 1. The standard InChI is InChI=1S/C27H28N4O5/c1-35-24-17-19(7-9-22(24)32)5-3-6-21(20-8-10-23(33)25(18-20)36-2)26(34)30-13-15-31(16-14-30)27-28-11-4-12-29-27/h3-12,17-18,32-33H,13-16H2,1-2H3/b5-3+,21-6+. The molecule has 0 aliphatic carbocycles. The lowest BCUT2D eigenvalue weighted by molar-refractivity contribution is -0.125. The number of nitrogens with zero attached hydrogens (tertiary/aromatic N) is 4. The molecule has 36 heavy (non-hydrogen) atoms. The van der Waals surface area contributed by atoms with E-state index in [1.165, 1.54) is 20.3 Å². The largest absolute Gasteiger partial charge is 0.504 e.